The molecule has 0 bridgehead atoms. The molecule has 2 heterocycles. The third kappa shape index (κ3) is 4.00. The first-order chi connectivity index (χ1) is 15.3. The lowest BCUT2D eigenvalue weighted by Gasteiger charge is -2.36. The van der Waals surface area contributed by atoms with E-state index in [1.165, 1.54) is 14.0 Å². The maximum atomic E-state index is 13.4. The Balaban J connectivity index is 2.22. The summed E-state index contributed by atoms with van der Waals surface area (Å²) in [4.78, 5) is 39.8. The zero-order valence-corrected chi connectivity index (χ0v) is 19.7. The van der Waals surface area contributed by atoms with Gasteiger partial charge in [0.25, 0.3) is 0 Å². The number of rotatable bonds is 8. The molecule has 1 aromatic carbocycles. The van der Waals surface area contributed by atoms with E-state index in [1.807, 2.05) is 6.92 Å². The van der Waals surface area contributed by atoms with Crippen LogP contribution >= 0.6 is 15.9 Å². The first-order valence-corrected chi connectivity index (χ1v) is 10.9. The van der Waals surface area contributed by atoms with Crippen LogP contribution in [-0.2, 0) is 38.7 Å². The number of ether oxygens (including phenoxy) is 4. The second kappa shape index (κ2) is 9.74. The van der Waals surface area contributed by atoms with Gasteiger partial charge in [0.15, 0.2) is 5.41 Å². The topological polar surface area (TPSA) is 126 Å². The number of fused-ring (bicyclic) bond motifs is 2. The molecule has 0 radical (unpaired) electrons. The van der Waals surface area contributed by atoms with E-state index in [0.717, 1.165) is 6.42 Å². The second-order valence-corrected chi connectivity index (χ2v) is 8.21. The molecule has 0 saturated heterocycles. The van der Waals surface area contributed by atoms with Gasteiger partial charge < -0.3 is 30.0 Å². The molecule has 0 aromatic heterocycles. The van der Waals surface area contributed by atoms with Gasteiger partial charge in [0, 0.05) is 22.8 Å². The summed E-state index contributed by atoms with van der Waals surface area (Å²) in [7, 11) is 1.47. The number of hydrogen-bond acceptors (Lipinski definition) is 9. The van der Waals surface area contributed by atoms with Crippen molar-refractivity contribution in [2.75, 3.05) is 32.2 Å². The highest BCUT2D eigenvalue weighted by Crippen LogP contribution is 2.53. The maximum Gasteiger partial charge on any atom is 0.339 e. The van der Waals surface area contributed by atoms with Gasteiger partial charge >= 0.3 is 17.9 Å². The van der Waals surface area contributed by atoms with Crippen molar-refractivity contribution < 1.29 is 33.3 Å². The number of carbonyl (C=O) groups excluding carboxylic acids is 3. The summed E-state index contributed by atoms with van der Waals surface area (Å²) in [6.07, 6.45) is 1.44. The molecule has 3 N–H and O–H groups in total. The monoisotopic (exact) mass is 508 g/mol. The van der Waals surface area contributed by atoms with E-state index in [0.29, 0.717) is 22.1 Å². The molecule has 2 aliphatic rings. The van der Waals surface area contributed by atoms with Gasteiger partial charge in [-0.1, -0.05) is 29.3 Å². The van der Waals surface area contributed by atoms with E-state index in [4.69, 9.17) is 24.7 Å². The van der Waals surface area contributed by atoms with Crippen molar-refractivity contribution in [2.45, 2.75) is 32.1 Å². The number of methoxy groups -OCH3 is 1. The lowest BCUT2D eigenvalue weighted by molar-refractivity contribution is -0.147. The Hall–Kier alpha value is -2.85. The van der Waals surface area contributed by atoms with Crippen LogP contribution in [0.1, 0.15) is 32.3 Å². The molecule has 0 aliphatic carbocycles. The number of benzene rings is 1. The maximum absolute atomic E-state index is 13.4. The Morgan fingerprint density at radius 3 is 2.53 bits per heavy atom. The van der Waals surface area contributed by atoms with Crippen molar-refractivity contribution in [1.82, 2.24) is 0 Å². The zero-order chi connectivity index (χ0) is 23.5. The lowest BCUT2D eigenvalue weighted by atomic mass is 9.67. The third-order valence-corrected chi connectivity index (χ3v) is 5.73. The number of hydrogen-bond donors (Lipinski definition) is 2. The highest BCUT2D eigenvalue weighted by Gasteiger charge is 2.62. The highest BCUT2D eigenvalue weighted by molar-refractivity contribution is 9.10. The fourth-order valence-electron chi connectivity index (χ4n) is 3.82. The molecule has 1 spiro atoms. The van der Waals surface area contributed by atoms with Crippen LogP contribution < -0.4 is 11.1 Å². The molecule has 1 aromatic rings. The number of anilines is 1. The molecule has 32 heavy (non-hydrogen) atoms. The van der Waals surface area contributed by atoms with Crippen LogP contribution in [0.15, 0.2) is 45.4 Å². The average molecular weight is 509 g/mol. The predicted octanol–water partition coefficient (Wildman–Crippen LogP) is 2.65. The standard InChI is InChI=1S/C22H25BrN2O7/c1-4-5-8-30-20(27)17-18(24)25-15-7-6-13(23)11-14(15)22(17)16(12(2)32-21(22)28)19(26)31-10-9-29-3/h6-7,11,25H,4-5,8-10,24H2,1-3H3/t22-/m1/s1. The number of cyclic esters (lactones) is 1. The van der Waals surface area contributed by atoms with Crippen LogP contribution in [0.25, 0.3) is 0 Å². The molecule has 0 amide bonds. The number of nitrogens with one attached hydrogen (secondary N) is 1. The van der Waals surface area contributed by atoms with Gasteiger partial charge in [-0.25, -0.2) is 14.4 Å². The van der Waals surface area contributed by atoms with Gasteiger partial charge in [-0.05, 0) is 31.5 Å². The fraction of sp³-hybridized carbons (Fsp3) is 0.409. The zero-order valence-electron chi connectivity index (χ0n) is 18.1. The van der Waals surface area contributed by atoms with Gasteiger partial charge in [0.1, 0.15) is 29.3 Å². The van der Waals surface area contributed by atoms with Crippen LogP contribution in [0.5, 0.6) is 0 Å². The molecule has 0 unspecified atom stereocenters. The molecule has 172 valence electrons. The third-order valence-electron chi connectivity index (χ3n) is 5.24. The SMILES string of the molecule is CCCCOC(=O)C1=C(N)Nc2ccc(Br)cc2[C@]12C(=O)OC(C)=C2C(=O)OCCOC. The van der Waals surface area contributed by atoms with Gasteiger partial charge in [-0.2, -0.15) is 0 Å². The second-order valence-electron chi connectivity index (χ2n) is 7.29. The van der Waals surface area contributed by atoms with Crippen molar-refractivity contribution in [2.24, 2.45) is 5.73 Å². The number of nitrogens with two attached hydrogens (primary N) is 1. The van der Waals surface area contributed by atoms with Crippen molar-refractivity contribution >= 4 is 39.5 Å². The smallest absolute Gasteiger partial charge is 0.339 e. The number of halogens is 1. The van der Waals surface area contributed by atoms with Gasteiger partial charge in [-0.15, -0.1) is 0 Å². The molecule has 0 fully saturated rings. The Bertz CT molecular complexity index is 1020. The van der Waals surface area contributed by atoms with Crippen LogP contribution in [-0.4, -0.2) is 44.8 Å². The molecule has 1 atom stereocenters. The van der Waals surface area contributed by atoms with Crippen LogP contribution in [0.3, 0.4) is 0 Å². The van der Waals surface area contributed by atoms with Crippen molar-refractivity contribution in [3.05, 3.63) is 51.0 Å². The van der Waals surface area contributed by atoms with Crippen molar-refractivity contribution in [3.63, 3.8) is 0 Å². The predicted molar refractivity (Wildman–Crippen MR) is 118 cm³/mol. The van der Waals surface area contributed by atoms with Gasteiger partial charge in [-0.3, -0.25) is 0 Å². The minimum atomic E-state index is -1.94. The fourth-order valence-corrected chi connectivity index (χ4v) is 4.18. The largest absolute Gasteiger partial charge is 0.462 e. The minimum Gasteiger partial charge on any atom is -0.462 e. The van der Waals surface area contributed by atoms with Gasteiger partial charge in [0.2, 0.25) is 0 Å². The Morgan fingerprint density at radius 1 is 1.16 bits per heavy atom. The molecular weight excluding hydrogens is 484 g/mol. The number of allylic oxidation sites excluding steroid dienone is 1. The van der Waals surface area contributed by atoms with E-state index in [1.54, 1.807) is 18.2 Å². The number of carbonyl (C=O) groups is 3. The first kappa shape index (κ1) is 23.8. The Kier molecular flexibility index (Phi) is 7.25. The molecule has 9 nitrogen and oxygen atoms in total. The van der Waals surface area contributed by atoms with Crippen molar-refractivity contribution in [3.8, 4) is 0 Å². The quantitative estimate of drug-likeness (QED) is 0.309. The number of unbranched alkanes of at least 4 members (excludes halogenated alkanes) is 1. The first-order valence-electron chi connectivity index (χ1n) is 10.1. The normalized spacial score (nSPS) is 19.6. The Labute approximate surface area is 194 Å². The summed E-state index contributed by atoms with van der Waals surface area (Å²) < 4.78 is 21.7. The van der Waals surface area contributed by atoms with E-state index >= 15 is 0 Å². The molecular formula is C22H25BrN2O7. The lowest BCUT2D eigenvalue weighted by Crippen LogP contribution is -2.48. The van der Waals surface area contributed by atoms with E-state index in [9.17, 15) is 14.4 Å². The van der Waals surface area contributed by atoms with Crippen LogP contribution in [0.4, 0.5) is 5.69 Å². The van der Waals surface area contributed by atoms with E-state index in [-0.39, 0.29) is 42.5 Å². The minimum absolute atomic E-state index is 0.0249. The van der Waals surface area contributed by atoms with E-state index < -0.39 is 23.3 Å². The Morgan fingerprint density at radius 2 is 1.84 bits per heavy atom. The van der Waals surface area contributed by atoms with Crippen molar-refractivity contribution in [1.29, 1.82) is 0 Å². The summed E-state index contributed by atoms with van der Waals surface area (Å²) in [5.41, 5.74) is 4.74. The van der Waals surface area contributed by atoms with Gasteiger partial charge in [0.05, 0.1) is 13.2 Å². The average Bonchev–Trinajstić information content (AvgIpc) is 2.99. The summed E-state index contributed by atoms with van der Waals surface area (Å²) in [6, 6.07) is 5.06. The highest BCUT2D eigenvalue weighted by atomic mass is 79.9. The summed E-state index contributed by atoms with van der Waals surface area (Å²) in [6.45, 7) is 3.67. The van der Waals surface area contributed by atoms with Crippen LogP contribution in [0.2, 0.25) is 0 Å². The summed E-state index contributed by atoms with van der Waals surface area (Å²) in [5, 5.41) is 2.94. The summed E-state index contributed by atoms with van der Waals surface area (Å²) in [5.74, 6) is -2.54. The van der Waals surface area contributed by atoms with Crippen LogP contribution in [0, 0.1) is 0 Å². The van der Waals surface area contributed by atoms with E-state index in [2.05, 4.69) is 21.2 Å². The molecule has 10 heteroatoms. The molecule has 2 aliphatic heterocycles. The summed E-state index contributed by atoms with van der Waals surface area (Å²) >= 11 is 3.40. The molecule has 0 saturated carbocycles. The molecule has 3 rings (SSSR count). The number of esters is 3.